The van der Waals surface area contributed by atoms with Crippen molar-refractivity contribution < 1.29 is 36.6 Å². The van der Waals surface area contributed by atoms with Gasteiger partial charge in [0, 0.05) is 25.7 Å². The SMILES string of the molecule is CC[Si](=O)C[Si](CCCNC(=O)CCCCC[NH+](C)C)(C[Si](=O)CC)O[Si](C)(C)C.[Cl-].[HH]. The second-order valence-corrected chi connectivity index (χ2v) is 24.1. The molecule has 0 saturated carbocycles. The van der Waals surface area contributed by atoms with Gasteiger partial charge in [0.2, 0.25) is 5.91 Å². The maximum atomic E-state index is 12.5. The molecule has 0 saturated heterocycles. The fourth-order valence-corrected chi connectivity index (χ4v) is 22.7. The van der Waals surface area contributed by atoms with Crippen molar-refractivity contribution in [1.82, 2.24) is 5.32 Å². The molecule has 0 radical (unpaired) electrons. The van der Waals surface area contributed by atoms with Crippen LogP contribution in [0.25, 0.3) is 0 Å². The number of hydrogen-bond acceptors (Lipinski definition) is 4. The Morgan fingerprint density at radius 3 is 1.97 bits per heavy atom. The van der Waals surface area contributed by atoms with Gasteiger partial charge in [-0.25, -0.2) is 0 Å². The molecule has 2 N–H and O–H groups in total. The smallest absolute Gasteiger partial charge is 0.275 e. The topological polar surface area (TPSA) is 76.9 Å². The lowest BCUT2D eigenvalue weighted by Crippen LogP contribution is -3.05. The van der Waals surface area contributed by atoms with Crippen LogP contribution in [0.3, 0.4) is 0 Å². The summed E-state index contributed by atoms with van der Waals surface area (Å²) in [7, 11) is -3.26. The molecule has 0 bridgehead atoms. The van der Waals surface area contributed by atoms with E-state index in [2.05, 4.69) is 39.1 Å². The standard InChI is InChI=1S/C20H46N2O4Si4.ClH.H2/c1-8-27(24)18-30(19-28(25)9-2,26-29(5,6)7)17-13-15-21-20(23)14-11-10-12-16-22(3)4;;/h8-19H2,1-7H3,(H,21,23);2*1H. The fourth-order valence-electron chi connectivity index (χ4n) is 3.65. The van der Waals surface area contributed by atoms with Crippen LogP contribution in [0.1, 0.15) is 47.4 Å². The molecule has 6 nitrogen and oxygen atoms in total. The normalized spacial score (nSPS) is 11.9. The second kappa shape index (κ2) is 17.6. The lowest BCUT2D eigenvalue weighted by atomic mass is 10.2. The Labute approximate surface area is 203 Å². The minimum atomic E-state index is -2.34. The van der Waals surface area contributed by atoms with Crippen molar-refractivity contribution in [3.8, 4) is 0 Å². The quantitative estimate of drug-likeness (QED) is 0.197. The Morgan fingerprint density at radius 1 is 0.968 bits per heavy atom. The molecule has 0 heterocycles. The summed E-state index contributed by atoms with van der Waals surface area (Å²) in [5.74, 6) is 0.120. The minimum Gasteiger partial charge on any atom is -1.00 e. The van der Waals surface area contributed by atoms with Crippen LogP contribution in [0.5, 0.6) is 0 Å². The lowest BCUT2D eigenvalue weighted by molar-refractivity contribution is -0.858. The molecule has 186 valence electrons. The van der Waals surface area contributed by atoms with E-state index in [0.29, 0.717) is 36.4 Å². The summed E-state index contributed by atoms with van der Waals surface area (Å²) in [5, 5.41) is 3.05. The van der Waals surface area contributed by atoms with E-state index in [-0.39, 0.29) is 19.7 Å². The highest BCUT2D eigenvalue weighted by atomic mass is 35.5. The number of carbonyl (C=O) groups is 1. The molecular weight excluding hydrogens is 480 g/mol. The molecule has 0 unspecified atom stereocenters. The van der Waals surface area contributed by atoms with Crippen molar-refractivity contribution in [3.05, 3.63) is 0 Å². The first-order valence-corrected chi connectivity index (χ1v) is 21.3. The van der Waals surface area contributed by atoms with E-state index < -0.39 is 34.0 Å². The molecule has 0 spiro atoms. The maximum absolute atomic E-state index is 12.5. The number of halogens is 1. The van der Waals surface area contributed by atoms with Crippen LogP contribution in [-0.2, 0) is 17.8 Å². The minimum absolute atomic E-state index is 0. The largest absolute Gasteiger partial charge is 1.00 e. The third-order valence-electron chi connectivity index (χ3n) is 5.06. The predicted molar refractivity (Wildman–Crippen MR) is 134 cm³/mol. The van der Waals surface area contributed by atoms with Gasteiger partial charge in [-0.05, 0) is 63.5 Å². The number of quaternary nitrogens is 1. The van der Waals surface area contributed by atoms with Gasteiger partial charge in [0.1, 0.15) is 0 Å². The Morgan fingerprint density at radius 2 is 1.52 bits per heavy atom. The monoisotopic (exact) mass is 528 g/mol. The molecule has 1 amide bonds. The van der Waals surface area contributed by atoms with Gasteiger partial charge < -0.3 is 35.7 Å². The summed E-state index contributed by atoms with van der Waals surface area (Å²) >= 11 is 0. The number of hydrogen-bond donors (Lipinski definition) is 2. The molecule has 31 heavy (non-hydrogen) atoms. The van der Waals surface area contributed by atoms with Crippen molar-refractivity contribution in [2.24, 2.45) is 0 Å². The third-order valence-corrected chi connectivity index (χ3v) is 20.4. The van der Waals surface area contributed by atoms with Crippen molar-refractivity contribution >= 4 is 39.9 Å². The van der Waals surface area contributed by atoms with Gasteiger partial charge in [-0.15, -0.1) is 0 Å². The molecule has 0 atom stereocenters. The zero-order valence-electron chi connectivity index (χ0n) is 21.0. The van der Waals surface area contributed by atoms with E-state index in [1.165, 1.54) is 4.90 Å². The summed E-state index contributed by atoms with van der Waals surface area (Å²) in [6.07, 6.45) is 4.60. The van der Waals surface area contributed by atoms with Gasteiger partial charge in [-0.3, -0.25) is 4.79 Å². The molecule has 0 aromatic heterocycles. The van der Waals surface area contributed by atoms with Crippen LogP contribution in [-0.4, -0.2) is 67.1 Å². The molecule has 0 aliphatic carbocycles. The Bertz CT molecular complexity index is 534. The second-order valence-electron chi connectivity index (χ2n) is 9.76. The first-order valence-electron chi connectivity index (χ1n) is 11.7. The van der Waals surface area contributed by atoms with Crippen molar-refractivity contribution in [2.45, 2.75) is 95.1 Å². The number of amides is 1. The molecule has 0 rings (SSSR count). The van der Waals surface area contributed by atoms with Crippen LogP contribution >= 0.6 is 0 Å². The summed E-state index contributed by atoms with van der Waals surface area (Å²) in [5.41, 5.74) is 1.30. The van der Waals surface area contributed by atoms with Crippen molar-refractivity contribution in [2.75, 3.05) is 27.2 Å². The van der Waals surface area contributed by atoms with Gasteiger partial charge in [-0.1, -0.05) is 13.8 Å². The molecule has 0 aromatic carbocycles. The van der Waals surface area contributed by atoms with E-state index in [9.17, 15) is 13.7 Å². The molecule has 0 aromatic rings. The van der Waals surface area contributed by atoms with Crippen LogP contribution < -0.4 is 22.6 Å². The molecule has 11 heteroatoms. The average Bonchev–Trinajstić information content (AvgIpc) is 2.63. The average molecular weight is 529 g/mol. The van der Waals surface area contributed by atoms with Crippen LogP contribution in [0.4, 0.5) is 0 Å². The Balaban J connectivity index is -0.00000420. The van der Waals surface area contributed by atoms with Gasteiger partial charge in [0.25, 0.3) is 17.4 Å². The molecule has 0 aliphatic heterocycles. The van der Waals surface area contributed by atoms with E-state index >= 15 is 0 Å². The third kappa shape index (κ3) is 18.3. The summed E-state index contributed by atoms with van der Waals surface area (Å²) in [6, 6.07) is 2.22. The van der Waals surface area contributed by atoms with Gasteiger partial charge in [0.05, 0.1) is 20.6 Å². The molecule has 0 aliphatic rings. The lowest BCUT2D eigenvalue weighted by Gasteiger charge is -2.37. The number of nitrogens with one attached hydrogen (secondary N) is 2. The van der Waals surface area contributed by atoms with Crippen molar-refractivity contribution in [1.29, 1.82) is 0 Å². The highest BCUT2D eigenvalue weighted by Crippen LogP contribution is 2.29. The number of rotatable bonds is 18. The van der Waals surface area contributed by atoms with Gasteiger partial charge >= 0.3 is 0 Å². The Kier molecular flexibility index (Phi) is 18.9. The maximum Gasteiger partial charge on any atom is 0.275 e. The Hall–Kier alpha value is 0.148. The first kappa shape index (κ1) is 33.3. The zero-order chi connectivity index (χ0) is 23.2. The van der Waals surface area contributed by atoms with Gasteiger partial charge in [0.15, 0.2) is 16.6 Å². The summed E-state index contributed by atoms with van der Waals surface area (Å²) < 4.78 is 31.8. The van der Waals surface area contributed by atoms with E-state index in [1.54, 1.807) is 0 Å². The van der Waals surface area contributed by atoms with Crippen molar-refractivity contribution in [3.63, 3.8) is 0 Å². The van der Waals surface area contributed by atoms with Crippen LogP contribution in [0.2, 0.25) is 49.1 Å². The highest BCUT2D eigenvalue weighted by molar-refractivity contribution is 6.94. The zero-order valence-corrected chi connectivity index (χ0v) is 25.8. The van der Waals surface area contributed by atoms with Crippen LogP contribution in [0, 0.1) is 0 Å². The highest BCUT2D eigenvalue weighted by Gasteiger charge is 2.42. The van der Waals surface area contributed by atoms with Crippen LogP contribution in [0.15, 0.2) is 0 Å². The number of unbranched alkanes of at least 4 members (excludes halogenated alkanes) is 2. The van der Waals surface area contributed by atoms with E-state index in [4.69, 9.17) is 4.12 Å². The summed E-state index contributed by atoms with van der Waals surface area (Å²) in [4.78, 5) is 13.6. The van der Waals surface area contributed by atoms with Gasteiger partial charge in [-0.2, -0.15) is 0 Å². The number of carbonyl (C=O) groups excluding carboxylic acids is 1. The fraction of sp³-hybridized carbons (Fsp3) is 0.950. The predicted octanol–water partition coefficient (Wildman–Crippen LogP) is 0.207. The molecular formula is C20H49ClN2O4Si4. The first-order chi connectivity index (χ1) is 13.9. The van der Waals surface area contributed by atoms with E-state index in [0.717, 1.165) is 38.3 Å². The molecule has 0 fully saturated rings. The van der Waals surface area contributed by atoms with E-state index in [1.807, 2.05) is 13.8 Å². The summed E-state index contributed by atoms with van der Waals surface area (Å²) in [6.45, 7) is 12.2.